The highest BCUT2D eigenvalue weighted by Gasteiger charge is 2.19. The lowest BCUT2D eigenvalue weighted by Gasteiger charge is -2.15. The number of fused-ring (bicyclic) bond motifs is 7. The van der Waals surface area contributed by atoms with Crippen molar-refractivity contribution in [1.82, 2.24) is 19.5 Å². The first-order valence-electron chi connectivity index (χ1n) is 16.0. The van der Waals surface area contributed by atoms with E-state index in [1.807, 2.05) is 29.5 Å². The van der Waals surface area contributed by atoms with Crippen molar-refractivity contribution in [2.75, 3.05) is 0 Å². The third-order valence-corrected chi connectivity index (χ3v) is 10.4. The van der Waals surface area contributed by atoms with E-state index in [1.54, 1.807) is 0 Å². The highest BCUT2D eigenvalue weighted by Crippen LogP contribution is 2.39. The lowest BCUT2D eigenvalue weighted by molar-refractivity contribution is 1.08. The van der Waals surface area contributed by atoms with E-state index >= 15 is 0 Å². The Labute approximate surface area is 280 Å². The zero-order chi connectivity index (χ0) is 31.6. The Morgan fingerprint density at radius 1 is 0.375 bits per heavy atom. The van der Waals surface area contributed by atoms with Gasteiger partial charge in [0.15, 0.2) is 17.5 Å². The molecule has 0 N–H and O–H groups in total. The molecule has 0 spiro atoms. The first kappa shape index (κ1) is 27.0. The minimum atomic E-state index is 0.652. The number of aromatic nitrogens is 4. The first-order chi connectivity index (χ1) is 23.8. The topological polar surface area (TPSA) is 43.6 Å². The molecule has 0 saturated heterocycles. The Bertz CT molecular complexity index is 2800. The van der Waals surface area contributed by atoms with E-state index in [1.165, 1.54) is 42.0 Å². The van der Waals surface area contributed by atoms with Crippen molar-refractivity contribution in [2.24, 2.45) is 0 Å². The zero-order valence-corrected chi connectivity index (χ0v) is 26.5. The number of hydrogen-bond donors (Lipinski definition) is 0. The minimum absolute atomic E-state index is 0.652. The summed E-state index contributed by atoms with van der Waals surface area (Å²) in [5.41, 5.74) is 6.38. The molecule has 0 amide bonds. The normalized spacial score (nSPS) is 11.8. The molecule has 0 aliphatic rings. The van der Waals surface area contributed by atoms with Gasteiger partial charge in [0.1, 0.15) is 0 Å². The monoisotopic (exact) mass is 630 g/mol. The SMILES string of the molecule is c1ccc(-c2nc(-c3ccc4sc5ccccc5c4c3)nc(-c3ccc(-n4c5ccccc5c5ccccc54)c4ccccc34)n2)cc1. The summed E-state index contributed by atoms with van der Waals surface area (Å²) in [6.45, 7) is 0. The highest BCUT2D eigenvalue weighted by atomic mass is 32.1. The summed E-state index contributed by atoms with van der Waals surface area (Å²) in [6, 6.07) is 55.6. The fraction of sp³-hybridized carbons (Fsp3) is 0. The van der Waals surface area contributed by atoms with E-state index in [2.05, 4.69) is 144 Å². The third-order valence-electron chi connectivity index (χ3n) is 9.27. The molecule has 0 saturated carbocycles. The second-order valence-corrected chi connectivity index (χ2v) is 13.1. The molecule has 0 fully saturated rings. The molecule has 0 radical (unpaired) electrons. The van der Waals surface area contributed by atoms with Gasteiger partial charge in [0, 0.05) is 53.0 Å². The maximum Gasteiger partial charge on any atom is 0.164 e. The first-order valence-corrected chi connectivity index (χ1v) is 16.9. The summed E-state index contributed by atoms with van der Waals surface area (Å²) in [6.07, 6.45) is 0. The maximum atomic E-state index is 5.19. The number of benzene rings is 7. The Balaban J connectivity index is 1.21. The van der Waals surface area contributed by atoms with Crippen LogP contribution in [0.25, 0.3) is 92.6 Å². The molecular formula is C43H26N4S. The molecule has 0 aliphatic carbocycles. The molecule has 224 valence electrons. The fourth-order valence-electron chi connectivity index (χ4n) is 7.06. The summed E-state index contributed by atoms with van der Waals surface area (Å²) in [4.78, 5) is 15.4. The van der Waals surface area contributed by atoms with Crippen molar-refractivity contribution >= 4 is 64.1 Å². The van der Waals surface area contributed by atoms with Crippen LogP contribution in [0.3, 0.4) is 0 Å². The van der Waals surface area contributed by atoms with E-state index in [0.717, 1.165) is 33.2 Å². The predicted molar refractivity (Wildman–Crippen MR) is 201 cm³/mol. The Kier molecular flexibility index (Phi) is 6.01. The van der Waals surface area contributed by atoms with Gasteiger partial charge in [0.2, 0.25) is 0 Å². The van der Waals surface area contributed by atoms with Crippen molar-refractivity contribution in [2.45, 2.75) is 0 Å². The van der Waals surface area contributed by atoms with Gasteiger partial charge < -0.3 is 4.57 Å². The van der Waals surface area contributed by atoms with Crippen LogP contribution in [-0.2, 0) is 0 Å². The third kappa shape index (κ3) is 4.18. The minimum Gasteiger partial charge on any atom is -0.309 e. The Hall–Kier alpha value is -6.17. The van der Waals surface area contributed by atoms with Gasteiger partial charge in [-0.15, -0.1) is 11.3 Å². The van der Waals surface area contributed by atoms with Crippen molar-refractivity contribution < 1.29 is 0 Å². The van der Waals surface area contributed by atoms with E-state index in [4.69, 9.17) is 15.0 Å². The number of nitrogens with zero attached hydrogens (tertiary/aromatic N) is 4. The van der Waals surface area contributed by atoms with Crippen LogP contribution in [0.2, 0.25) is 0 Å². The lowest BCUT2D eigenvalue weighted by atomic mass is 10.0. The molecule has 48 heavy (non-hydrogen) atoms. The molecule has 10 aromatic rings. The van der Waals surface area contributed by atoms with Crippen molar-refractivity contribution in [3.05, 3.63) is 158 Å². The number of hydrogen-bond acceptors (Lipinski definition) is 4. The van der Waals surface area contributed by atoms with Gasteiger partial charge in [-0.25, -0.2) is 15.0 Å². The Morgan fingerprint density at radius 2 is 0.938 bits per heavy atom. The summed E-state index contributed by atoms with van der Waals surface area (Å²) in [5.74, 6) is 1.96. The number of rotatable bonds is 4. The van der Waals surface area contributed by atoms with Crippen molar-refractivity contribution in [1.29, 1.82) is 0 Å². The maximum absolute atomic E-state index is 5.19. The number of thiophene rings is 1. The van der Waals surface area contributed by atoms with Crippen LogP contribution in [-0.4, -0.2) is 19.5 Å². The molecular weight excluding hydrogens is 605 g/mol. The van der Waals surface area contributed by atoms with Gasteiger partial charge in [-0.3, -0.25) is 0 Å². The van der Waals surface area contributed by atoms with Crippen LogP contribution in [0.5, 0.6) is 0 Å². The van der Waals surface area contributed by atoms with Crippen LogP contribution in [0.15, 0.2) is 158 Å². The fourth-order valence-corrected chi connectivity index (χ4v) is 8.15. The lowest BCUT2D eigenvalue weighted by Crippen LogP contribution is -2.01. The smallest absolute Gasteiger partial charge is 0.164 e. The molecule has 5 heteroatoms. The van der Waals surface area contributed by atoms with E-state index < -0.39 is 0 Å². The summed E-state index contributed by atoms with van der Waals surface area (Å²) < 4.78 is 4.91. The van der Waals surface area contributed by atoms with Crippen LogP contribution >= 0.6 is 11.3 Å². The summed E-state index contributed by atoms with van der Waals surface area (Å²) >= 11 is 1.81. The molecule has 7 aromatic carbocycles. The summed E-state index contributed by atoms with van der Waals surface area (Å²) in [7, 11) is 0. The van der Waals surface area contributed by atoms with Gasteiger partial charge in [0.05, 0.1) is 16.7 Å². The Morgan fingerprint density at radius 3 is 1.69 bits per heavy atom. The molecule has 3 aromatic heterocycles. The molecule has 0 unspecified atom stereocenters. The zero-order valence-electron chi connectivity index (χ0n) is 25.7. The average molecular weight is 631 g/mol. The standard InChI is InChI=1S/C43H26N4S/c1-2-12-27(13-3-1)41-44-42(28-22-25-40-35(26-28)33-18-8-11-21-39(33)48-40)46-43(45-41)34-23-24-38(30-15-5-4-14-29(30)34)47-36-19-9-6-16-31(36)32-17-7-10-20-37(32)47/h1-26H. The summed E-state index contributed by atoms with van der Waals surface area (Å²) in [5, 5.41) is 7.18. The van der Waals surface area contributed by atoms with Crippen LogP contribution in [0.4, 0.5) is 0 Å². The van der Waals surface area contributed by atoms with Crippen molar-refractivity contribution in [3.63, 3.8) is 0 Å². The van der Waals surface area contributed by atoms with Crippen LogP contribution < -0.4 is 0 Å². The van der Waals surface area contributed by atoms with Gasteiger partial charge in [-0.2, -0.15) is 0 Å². The second kappa shape index (κ2) is 10.7. The largest absolute Gasteiger partial charge is 0.309 e. The van der Waals surface area contributed by atoms with Crippen molar-refractivity contribution in [3.8, 4) is 39.9 Å². The number of para-hydroxylation sites is 2. The highest BCUT2D eigenvalue weighted by molar-refractivity contribution is 7.25. The predicted octanol–water partition coefficient (Wildman–Crippen LogP) is 11.5. The van der Waals surface area contributed by atoms with Gasteiger partial charge in [-0.05, 0) is 53.9 Å². The second-order valence-electron chi connectivity index (χ2n) is 12.0. The average Bonchev–Trinajstić information content (AvgIpc) is 3.70. The molecule has 0 aliphatic heterocycles. The van der Waals surface area contributed by atoms with Crippen LogP contribution in [0, 0.1) is 0 Å². The van der Waals surface area contributed by atoms with Gasteiger partial charge in [-0.1, -0.05) is 109 Å². The van der Waals surface area contributed by atoms with E-state index in [-0.39, 0.29) is 0 Å². The van der Waals surface area contributed by atoms with Gasteiger partial charge >= 0.3 is 0 Å². The molecule has 3 heterocycles. The van der Waals surface area contributed by atoms with Crippen LogP contribution in [0.1, 0.15) is 0 Å². The molecule has 0 bridgehead atoms. The van der Waals surface area contributed by atoms with E-state index in [0.29, 0.717) is 17.5 Å². The quantitative estimate of drug-likeness (QED) is 0.194. The van der Waals surface area contributed by atoms with E-state index in [9.17, 15) is 0 Å². The molecule has 0 atom stereocenters. The van der Waals surface area contributed by atoms with Gasteiger partial charge in [0.25, 0.3) is 0 Å². The molecule has 10 rings (SSSR count). The molecule has 4 nitrogen and oxygen atoms in total.